The first-order valence-corrected chi connectivity index (χ1v) is 12.7. The van der Waals surface area contributed by atoms with Crippen molar-refractivity contribution in [1.82, 2.24) is 14.8 Å². The van der Waals surface area contributed by atoms with Crippen LogP contribution in [-0.4, -0.2) is 45.8 Å². The second kappa shape index (κ2) is 8.12. The molecule has 0 bridgehead atoms. The van der Waals surface area contributed by atoms with Crippen LogP contribution < -0.4 is 0 Å². The van der Waals surface area contributed by atoms with Crippen LogP contribution in [0.2, 0.25) is 0 Å². The van der Waals surface area contributed by atoms with E-state index < -0.39 is 21.6 Å². The molecule has 0 amide bonds. The highest BCUT2D eigenvalue weighted by atomic mass is 32.2. The molecule has 11 heteroatoms. The molecular formula is C19H18FN3O4S3. The molecule has 1 saturated heterocycles. The molecule has 1 N–H and O–H groups in total. The zero-order valence-corrected chi connectivity index (χ0v) is 18.2. The van der Waals surface area contributed by atoms with E-state index in [1.165, 1.54) is 17.8 Å². The number of carboxylic acids is 1. The van der Waals surface area contributed by atoms with E-state index in [0.717, 1.165) is 11.3 Å². The molecule has 30 heavy (non-hydrogen) atoms. The Balaban J connectivity index is 1.67. The second-order valence-electron chi connectivity index (χ2n) is 6.96. The first-order valence-electron chi connectivity index (χ1n) is 9.11. The maximum Gasteiger partial charge on any atom is 0.346 e. The van der Waals surface area contributed by atoms with E-state index in [0.29, 0.717) is 39.6 Å². The maximum atomic E-state index is 14.4. The highest BCUT2D eigenvalue weighted by molar-refractivity contribution is 7.98. The molecule has 0 saturated carbocycles. The molecule has 3 heterocycles. The zero-order valence-electron chi connectivity index (χ0n) is 15.7. The lowest BCUT2D eigenvalue weighted by atomic mass is 10.1. The molecule has 0 unspecified atom stereocenters. The summed E-state index contributed by atoms with van der Waals surface area (Å²) in [4.78, 5) is 11.8. The SMILES string of the molecule is C=CCn1c(SCc2c(C(=O)O)sc3cccc(F)c23)nnc1[C@@H]1CCS(=O)(=O)C1. The predicted molar refractivity (Wildman–Crippen MR) is 115 cm³/mol. The number of thioether (sulfide) groups is 1. The molecule has 1 aliphatic rings. The van der Waals surface area contributed by atoms with Crippen molar-refractivity contribution in [1.29, 1.82) is 0 Å². The van der Waals surface area contributed by atoms with Crippen molar-refractivity contribution in [3.05, 3.63) is 52.9 Å². The number of benzene rings is 1. The molecule has 3 aromatic rings. The van der Waals surface area contributed by atoms with Crippen molar-refractivity contribution in [2.75, 3.05) is 11.5 Å². The number of aromatic nitrogens is 3. The number of aromatic carboxylic acids is 1. The lowest BCUT2D eigenvalue weighted by Crippen LogP contribution is -2.11. The van der Waals surface area contributed by atoms with Crippen LogP contribution in [0.25, 0.3) is 10.1 Å². The normalized spacial score (nSPS) is 18.1. The van der Waals surface area contributed by atoms with Crippen LogP contribution in [0.3, 0.4) is 0 Å². The Morgan fingerprint density at radius 2 is 2.23 bits per heavy atom. The Bertz CT molecular complexity index is 1250. The summed E-state index contributed by atoms with van der Waals surface area (Å²) in [5.41, 5.74) is 0.406. The number of hydrogen-bond acceptors (Lipinski definition) is 7. The molecule has 2 aromatic heterocycles. The Morgan fingerprint density at radius 1 is 1.43 bits per heavy atom. The minimum Gasteiger partial charge on any atom is -0.477 e. The molecule has 0 radical (unpaired) electrons. The number of rotatable bonds is 7. The molecule has 1 atom stereocenters. The minimum absolute atomic E-state index is 0.0382. The third-order valence-corrected chi connectivity index (χ3v) is 8.90. The number of nitrogens with zero attached hydrogens (tertiary/aromatic N) is 3. The Hall–Kier alpha value is -2.24. The summed E-state index contributed by atoms with van der Waals surface area (Å²) in [5, 5.41) is 18.8. The van der Waals surface area contributed by atoms with E-state index in [1.807, 2.05) is 0 Å². The minimum atomic E-state index is -3.08. The molecule has 1 aliphatic heterocycles. The largest absolute Gasteiger partial charge is 0.477 e. The number of halogens is 1. The van der Waals surface area contributed by atoms with Gasteiger partial charge in [0.1, 0.15) is 16.5 Å². The fraction of sp³-hybridized carbons (Fsp3) is 0.316. The van der Waals surface area contributed by atoms with Crippen molar-refractivity contribution < 1.29 is 22.7 Å². The van der Waals surface area contributed by atoms with Gasteiger partial charge in [-0.1, -0.05) is 23.9 Å². The van der Waals surface area contributed by atoms with Crippen molar-refractivity contribution in [2.45, 2.75) is 29.8 Å². The topological polar surface area (TPSA) is 102 Å². The van der Waals surface area contributed by atoms with Gasteiger partial charge in [0.15, 0.2) is 15.0 Å². The molecule has 158 valence electrons. The number of thiophene rings is 1. The molecule has 0 aliphatic carbocycles. The van der Waals surface area contributed by atoms with Crippen LogP contribution >= 0.6 is 23.1 Å². The van der Waals surface area contributed by atoms with Gasteiger partial charge in [-0.2, -0.15) is 0 Å². The summed E-state index contributed by atoms with van der Waals surface area (Å²) < 4.78 is 40.5. The van der Waals surface area contributed by atoms with E-state index in [-0.39, 0.29) is 28.1 Å². The number of allylic oxidation sites excluding steroid dienone is 1. The van der Waals surface area contributed by atoms with E-state index in [4.69, 9.17) is 0 Å². The summed E-state index contributed by atoms with van der Waals surface area (Å²) in [5.74, 6) is -0.850. The first-order chi connectivity index (χ1) is 14.3. The van der Waals surface area contributed by atoms with Crippen LogP contribution in [0.5, 0.6) is 0 Å². The number of hydrogen-bond donors (Lipinski definition) is 1. The number of carboxylic acid groups (broad SMARTS) is 1. The molecule has 0 spiro atoms. The fourth-order valence-electron chi connectivity index (χ4n) is 3.62. The third kappa shape index (κ3) is 3.88. The Labute approximate surface area is 180 Å². The molecule has 7 nitrogen and oxygen atoms in total. The van der Waals surface area contributed by atoms with Gasteiger partial charge in [-0.05, 0) is 24.1 Å². The summed E-state index contributed by atoms with van der Waals surface area (Å²) in [6.07, 6.45) is 2.16. The van der Waals surface area contributed by atoms with E-state index in [9.17, 15) is 22.7 Å². The van der Waals surface area contributed by atoms with Gasteiger partial charge in [0.2, 0.25) is 0 Å². The van der Waals surface area contributed by atoms with Gasteiger partial charge in [0, 0.05) is 28.3 Å². The predicted octanol–water partition coefficient (Wildman–Crippen LogP) is 3.71. The van der Waals surface area contributed by atoms with Crippen LogP contribution in [0.15, 0.2) is 36.0 Å². The maximum absolute atomic E-state index is 14.4. The van der Waals surface area contributed by atoms with Gasteiger partial charge in [0.25, 0.3) is 0 Å². The molecule has 1 aromatic carbocycles. The smallest absolute Gasteiger partial charge is 0.346 e. The van der Waals surface area contributed by atoms with Crippen LogP contribution in [-0.2, 0) is 22.1 Å². The summed E-state index contributed by atoms with van der Waals surface area (Å²) in [7, 11) is -3.08. The Kier molecular flexibility index (Phi) is 5.69. The summed E-state index contributed by atoms with van der Waals surface area (Å²) >= 11 is 2.29. The van der Waals surface area contributed by atoms with E-state index >= 15 is 0 Å². The number of sulfone groups is 1. The molecular weight excluding hydrogens is 449 g/mol. The highest BCUT2D eigenvalue weighted by Crippen LogP contribution is 2.37. The quantitative estimate of drug-likeness (QED) is 0.417. The van der Waals surface area contributed by atoms with Gasteiger partial charge in [-0.3, -0.25) is 0 Å². The summed E-state index contributed by atoms with van der Waals surface area (Å²) in [6.45, 7) is 4.14. The van der Waals surface area contributed by atoms with Crippen LogP contribution in [0, 0.1) is 5.82 Å². The average molecular weight is 468 g/mol. The monoisotopic (exact) mass is 467 g/mol. The van der Waals surface area contributed by atoms with Gasteiger partial charge in [-0.25, -0.2) is 17.6 Å². The van der Waals surface area contributed by atoms with Crippen molar-refractivity contribution in [3.8, 4) is 0 Å². The second-order valence-corrected chi connectivity index (χ2v) is 11.2. The molecule has 4 rings (SSSR count). The Morgan fingerprint density at radius 3 is 2.90 bits per heavy atom. The van der Waals surface area contributed by atoms with Crippen molar-refractivity contribution in [3.63, 3.8) is 0 Å². The van der Waals surface area contributed by atoms with Crippen LogP contribution in [0.4, 0.5) is 4.39 Å². The van der Waals surface area contributed by atoms with Gasteiger partial charge in [0.05, 0.1) is 11.5 Å². The third-order valence-electron chi connectivity index (χ3n) is 4.96. The zero-order chi connectivity index (χ0) is 21.5. The summed E-state index contributed by atoms with van der Waals surface area (Å²) in [6, 6.07) is 4.57. The van der Waals surface area contributed by atoms with Gasteiger partial charge >= 0.3 is 5.97 Å². The lowest BCUT2D eigenvalue weighted by molar-refractivity contribution is 0.0701. The highest BCUT2D eigenvalue weighted by Gasteiger charge is 2.33. The molecule has 1 fully saturated rings. The number of fused-ring (bicyclic) bond motifs is 1. The first kappa shape index (κ1) is 21.0. The van der Waals surface area contributed by atoms with Gasteiger partial charge in [-0.15, -0.1) is 28.1 Å². The van der Waals surface area contributed by atoms with E-state index in [2.05, 4.69) is 16.8 Å². The average Bonchev–Trinajstić information content (AvgIpc) is 3.36. The van der Waals surface area contributed by atoms with Crippen molar-refractivity contribution >= 4 is 49.0 Å². The standard InChI is InChI=1S/C19H18FN3O4S3/c1-2-7-23-17(11-6-8-30(26,27)10-11)21-22-19(23)28-9-12-15-13(20)4-3-5-14(15)29-16(12)18(24)25/h2-5,11H,1,6-10H2,(H,24,25)/t11-/m1/s1. The van der Waals surface area contributed by atoms with Gasteiger partial charge < -0.3 is 9.67 Å². The van der Waals surface area contributed by atoms with Crippen LogP contribution in [0.1, 0.15) is 33.4 Å². The van der Waals surface area contributed by atoms with E-state index in [1.54, 1.807) is 22.8 Å². The lowest BCUT2D eigenvalue weighted by Gasteiger charge is -2.11. The fourth-order valence-corrected chi connectivity index (χ4v) is 7.51. The number of carbonyl (C=O) groups is 1. The van der Waals surface area contributed by atoms with Crippen molar-refractivity contribution in [2.24, 2.45) is 0 Å².